The number of rotatable bonds is 1. The van der Waals surface area contributed by atoms with Crippen LogP contribution in [0.25, 0.3) is 5.65 Å². The van der Waals surface area contributed by atoms with Crippen LogP contribution >= 0.6 is 35.4 Å². The first-order valence-electron chi connectivity index (χ1n) is 4.14. The van der Waals surface area contributed by atoms with Gasteiger partial charge < -0.3 is 5.73 Å². The molecule has 0 saturated carbocycles. The Hall–Kier alpha value is -0.840. The van der Waals surface area contributed by atoms with E-state index < -0.39 is 0 Å². The van der Waals surface area contributed by atoms with Crippen molar-refractivity contribution >= 4 is 46.1 Å². The zero-order valence-electron chi connectivity index (χ0n) is 7.79. The van der Waals surface area contributed by atoms with Gasteiger partial charge in [-0.2, -0.15) is 0 Å². The van der Waals surface area contributed by atoms with Crippen LogP contribution in [0, 0.1) is 6.92 Å². The van der Waals surface area contributed by atoms with E-state index in [-0.39, 0.29) is 4.99 Å². The molecular formula is C9H7Cl2N3S. The van der Waals surface area contributed by atoms with Crippen molar-refractivity contribution in [3.63, 3.8) is 0 Å². The van der Waals surface area contributed by atoms with Gasteiger partial charge in [0.05, 0.1) is 15.7 Å². The normalized spacial score (nSPS) is 10.9. The predicted molar refractivity (Wildman–Crippen MR) is 65.8 cm³/mol. The Labute approximate surface area is 102 Å². The van der Waals surface area contributed by atoms with Crippen molar-refractivity contribution in [2.24, 2.45) is 5.73 Å². The van der Waals surface area contributed by atoms with E-state index in [1.165, 1.54) is 0 Å². The van der Waals surface area contributed by atoms with Crippen molar-refractivity contribution in [1.29, 1.82) is 0 Å². The Kier molecular flexibility index (Phi) is 2.58. The first kappa shape index (κ1) is 10.7. The smallest absolute Gasteiger partial charge is 0.156 e. The minimum Gasteiger partial charge on any atom is -0.388 e. The van der Waals surface area contributed by atoms with Gasteiger partial charge in [-0.25, -0.2) is 4.98 Å². The van der Waals surface area contributed by atoms with Crippen molar-refractivity contribution < 1.29 is 0 Å². The van der Waals surface area contributed by atoms with Crippen molar-refractivity contribution in [3.05, 3.63) is 33.7 Å². The van der Waals surface area contributed by atoms with Crippen LogP contribution in [0.4, 0.5) is 0 Å². The molecule has 2 heterocycles. The molecule has 2 aromatic rings. The van der Waals surface area contributed by atoms with E-state index in [4.69, 9.17) is 41.2 Å². The third-order valence-corrected chi connectivity index (χ3v) is 2.73. The number of pyridine rings is 1. The molecule has 2 aromatic heterocycles. The highest BCUT2D eigenvalue weighted by Gasteiger charge is 2.13. The molecule has 78 valence electrons. The van der Waals surface area contributed by atoms with E-state index in [1.807, 2.05) is 6.92 Å². The van der Waals surface area contributed by atoms with Gasteiger partial charge in [0.2, 0.25) is 0 Å². The van der Waals surface area contributed by atoms with Crippen LogP contribution in [0.5, 0.6) is 0 Å². The molecule has 0 atom stereocenters. The van der Waals surface area contributed by atoms with Crippen LogP contribution < -0.4 is 5.73 Å². The van der Waals surface area contributed by atoms with Gasteiger partial charge in [-0.05, 0) is 13.0 Å². The van der Waals surface area contributed by atoms with E-state index in [0.717, 1.165) is 5.69 Å². The van der Waals surface area contributed by atoms with Gasteiger partial charge in [-0.15, -0.1) is 0 Å². The fourth-order valence-corrected chi connectivity index (χ4v) is 2.24. The van der Waals surface area contributed by atoms with Crippen LogP contribution in [0.2, 0.25) is 10.0 Å². The number of aryl methyl sites for hydroxylation is 1. The van der Waals surface area contributed by atoms with Crippen LogP contribution in [0.3, 0.4) is 0 Å². The SMILES string of the molecule is Cc1nc2c(Cl)cc(Cl)cn2c1C(N)=S. The molecule has 6 heteroatoms. The summed E-state index contributed by atoms with van der Waals surface area (Å²) in [5, 5.41) is 0.996. The van der Waals surface area contributed by atoms with Crippen molar-refractivity contribution in [3.8, 4) is 0 Å². The molecule has 0 aliphatic rings. The number of thiocarbonyl (C=S) groups is 1. The second-order valence-electron chi connectivity index (χ2n) is 3.11. The molecule has 3 nitrogen and oxygen atoms in total. The highest BCUT2D eigenvalue weighted by molar-refractivity contribution is 7.80. The largest absolute Gasteiger partial charge is 0.388 e. The third kappa shape index (κ3) is 1.69. The maximum atomic E-state index is 6.00. The lowest BCUT2D eigenvalue weighted by Gasteiger charge is -2.01. The maximum Gasteiger partial charge on any atom is 0.156 e. The van der Waals surface area contributed by atoms with Gasteiger partial charge in [0, 0.05) is 6.20 Å². The molecule has 0 saturated heterocycles. The van der Waals surface area contributed by atoms with Crippen LogP contribution in [-0.2, 0) is 0 Å². The monoisotopic (exact) mass is 259 g/mol. The Morgan fingerprint density at radius 2 is 2.20 bits per heavy atom. The number of hydrogen-bond donors (Lipinski definition) is 1. The van der Waals surface area contributed by atoms with E-state index in [0.29, 0.717) is 21.4 Å². The number of imidazole rings is 1. The van der Waals surface area contributed by atoms with Crippen LogP contribution in [-0.4, -0.2) is 14.4 Å². The number of halogens is 2. The summed E-state index contributed by atoms with van der Waals surface area (Å²) in [6, 6.07) is 1.63. The van der Waals surface area contributed by atoms with Crippen LogP contribution in [0.1, 0.15) is 11.4 Å². The summed E-state index contributed by atoms with van der Waals surface area (Å²) in [7, 11) is 0. The Bertz CT molecular complexity index is 562. The maximum absolute atomic E-state index is 6.00. The summed E-state index contributed by atoms with van der Waals surface area (Å²) in [5.41, 5.74) is 7.64. The van der Waals surface area contributed by atoms with E-state index in [1.54, 1.807) is 16.7 Å². The van der Waals surface area contributed by atoms with E-state index in [9.17, 15) is 0 Å². The first-order chi connectivity index (χ1) is 7.00. The Morgan fingerprint density at radius 3 is 2.80 bits per heavy atom. The zero-order valence-corrected chi connectivity index (χ0v) is 10.1. The standard InChI is InChI=1S/C9H7Cl2N3S/c1-4-7(8(12)15)14-3-5(10)2-6(11)9(14)13-4/h2-3H,1H3,(H2,12,15). The topological polar surface area (TPSA) is 43.3 Å². The van der Waals surface area contributed by atoms with Gasteiger partial charge in [-0.3, -0.25) is 4.40 Å². The molecule has 2 N–H and O–H groups in total. The molecular weight excluding hydrogens is 253 g/mol. The number of hydrogen-bond acceptors (Lipinski definition) is 2. The highest BCUT2D eigenvalue weighted by atomic mass is 35.5. The second kappa shape index (κ2) is 3.63. The fraction of sp³-hybridized carbons (Fsp3) is 0.111. The second-order valence-corrected chi connectivity index (χ2v) is 4.39. The lowest BCUT2D eigenvalue weighted by molar-refractivity contribution is 1.16. The average molecular weight is 260 g/mol. The zero-order chi connectivity index (χ0) is 11.2. The average Bonchev–Trinajstić information content (AvgIpc) is 2.41. The molecule has 0 fully saturated rings. The Balaban J connectivity index is 2.93. The van der Waals surface area contributed by atoms with Gasteiger partial charge in [0.1, 0.15) is 10.7 Å². The number of aromatic nitrogens is 2. The molecule has 0 aromatic carbocycles. The fourth-order valence-electron chi connectivity index (χ4n) is 1.48. The van der Waals surface area contributed by atoms with E-state index in [2.05, 4.69) is 4.98 Å². The first-order valence-corrected chi connectivity index (χ1v) is 5.30. The van der Waals surface area contributed by atoms with Gasteiger partial charge in [0.15, 0.2) is 5.65 Å². The number of fused-ring (bicyclic) bond motifs is 1. The molecule has 2 rings (SSSR count). The van der Waals surface area contributed by atoms with Crippen molar-refractivity contribution in [1.82, 2.24) is 9.38 Å². The molecule has 0 amide bonds. The summed E-state index contributed by atoms with van der Waals surface area (Å²) in [6.45, 7) is 1.83. The van der Waals surface area contributed by atoms with Crippen molar-refractivity contribution in [2.75, 3.05) is 0 Å². The summed E-state index contributed by atoms with van der Waals surface area (Å²) in [4.78, 5) is 4.56. The third-order valence-electron chi connectivity index (χ3n) is 2.05. The molecule has 0 aliphatic heterocycles. The lowest BCUT2D eigenvalue weighted by Crippen LogP contribution is -2.13. The quantitative estimate of drug-likeness (QED) is 0.801. The molecule has 0 bridgehead atoms. The Morgan fingerprint density at radius 1 is 1.53 bits per heavy atom. The molecule has 0 aliphatic carbocycles. The lowest BCUT2D eigenvalue weighted by atomic mass is 10.3. The highest BCUT2D eigenvalue weighted by Crippen LogP contribution is 2.24. The number of nitrogens with two attached hydrogens (primary N) is 1. The summed E-state index contributed by atoms with van der Waals surface area (Å²) < 4.78 is 1.71. The molecule has 0 spiro atoms. The van der Waals surface area contributed by atoms with Crippen molar-refractivity contribution in [2.45, 2.75) is 6.92 Å². The van der Waals surface area contributed by atoms with Crippen LogP contribution in [0.15, 0.2) is 12.3 Å². The minimum atomic E-state index is 0.276. The van der Waals surface area contributed by atoms with Gasteiger partial charge in [-0.1, -0.05) is 35.4 Å². The number of nitrogens with zero attached hydrogens (tertiary/aromatic N) is 2. The predicted octanol–water partition coefficient (Wildman–Crippen LogP) is 2.58. The molecule has 15 heavy (non-hydrogen) atoms. The summed E-state index contributed by atoms with van der Waals surface area (Å²) >= 11 is 16.8. The van der Waals surface area contributed by atoms with Gasteiger partial charge >= 0.3 is 0 Å². The van der Waals surface area contributed by atoms with Gasteiger partial charge in [0.25, 0.3) is 0 Å². The van der Waals surface area contributed by atoms with E-state index >= 15 is 0 Å². The molecule has 0 radical (unpaired) electrons. The molecule has 0 unspecified atom stereocenters. The minimum absolute atomic E-state index is 0.276. The summed E-state index contributed by atoms with van der Waals surface area (Å²) in [6.07, 6.45) is 1.69. The summed E-state index contributed by atoms with van der Waals surface area (Å²) in [5.74, 6) is 0.